The summed E-state index contributed by atoms with van der Waals surface area (Å²) in [5.74, 6) is -1.78. The number of carbonyl (C=O) groups is 6. The Balaban J connectivity index is 2.31. The van der Waals surface area contributed by atoms with Gasteiger partial charge in [0.15, 0.2) is 0 Å². The van der Waals surface area contributed by atoms with Crippen molar-refractivity contribution >= 4 is 35.9 Å². The summed E-state index contributed by atoms with van der Waals surface area (Å²) >= 11 is 0. The van der Waals surface area contributed by atoms with Gasteiger partial charge in [0.2, 0.25) is 5.91 Å². The van der Waals surface area contributed by atoms with E-state index in [2.05, 4.69) is 21.3 Å². The maximum atomic E-state index is 12.0. The van der Waals surface area contributed by atoms with Crippen molar-refractivity contribution in [2.24, 2.45) is 0 Å². The molecule has 0 saturated carbocycles. The van der Waals surface area contributed by atoms with Crippen LogP contribution < -0.4 is 21.3 Å². The smallest absolute Gasteiger partial charge is 0.407 e. The molecule has 1 aliphatic rings. The molecule has 7 amide bonds. The Morgan fingerprint density at radius 1 is 0.725 bits per heavy atom. The molecule has 0 bridgehead atoms. The van der Waals surface area contributed by atoms with Crippen LogP contribution in [0.2, 0.25) is 0 Å². The Hall–Kier alpha value is -3.76. The Bertz CT molecular complexity index is 822. The molecular weight excluding hydrogens is 534 g/mol. The predicted octanol–water partition coefficient (Wildman–Crippen LogP) is -0.572. The minimum absolute atomic E-state index is 0.00987. The van der Waals surface area contributed by atoms with Crippen LogP contribution >= 0.6 is 0 Å². The van der Waals surface area contributed by atoms with E-state index < -0.39 is 36.1 Å². The van der Waals surface area contributed by atoms with Crippen LogP contribution in [0.4, 0.5) is 14.4 Å². The quantitative estimate of drug-likeness (QED) is 0.107. The van der Waals surface area contributed by atoms with Crippen LogP contribution in [0.1, 0.15) is 25.7 Å². The summed E-state index contributed by atoms with van der Waals surface area (Å²) in [5.41, 5.74) is 0. The van der Waals surface area contributed by atoms with Crippen LogP contribution in [0.25, 0.3) is 0 Å². The molecule has 1 aliphatic heterocycles. The zero-order chi connectivity index (χ0) is 29.6. The second-order valence-electron chi connectivity index (χ2n) is 8.27. The van der Waals surface area contributed by atoms with Crippen molar-refractivity contribution in [1.29, 1.82) is 0 Å². The third kappa shape index (κ3) is 15.6. The van der Waals surface area contributed by atoms with Crippen LogP contribution in [-0.4, -0.2) is 120 Å². The Morgan fingerprint density at radius 3 is 1.77 bits per heavy atom. The van der Waals surface area contributed by atoms with Gasteiger partial charge in [-0.3, -0.25) is 14.4 Å². The van der Waals surface area contributed by atoms with Gasteiger partial charge < -0.3 is 45.0 Å². The molecule has 16 nitrogen and oxygen atoms in total. The number of methoxy groups -OCH3 is 2. The third-order valence-electron chi connectivity index (χ3n) is 5.03. The highest BCUT2D eigenvalue weighted by atomic mass is 16.6. The fraction of sp³-hybridized carbons (Fsp3) is 0.667. The molecule has 0 saturated heterocycles. The van der Waals surface area contributed by atoms with Gasteiger partial charge in [-0.15, -0.1) is 0 Å². The lowest BCUT2D eigenvalue weighted by Gasteiger charge is -2.18. The fourth-order valence-corrected chi connectivity index (χ4v) is 3.02. The average Bonchev–Trinajstić information content (AvgIpc) is 3.27. The highest BCUT2D eigenvalue weighted by Gasteiger charge is 2.29. The van der Waals surface area contributed by atoms with Gasteiger partial charge in [-0.1, -0.05) is 0 Å². The molecule has 0 aromatic rings. The number of nitrogens with zero attached hydrogens (tertiary/aromatic N) is 1. The first kappa shape index (κ1) is 34.3. The van der Waals surface area contributed by atoms with Gasteiger partial charge in [0.05, 0.1) is 0 Å². The summed E-state index contributed by atoms with van der Waals surface area (Å²) in [6.45, 7) is 1.53. The van der Waals surface area contributed by atoms with Crippen molar-refractivity contribution in [2.45, 2.75) is 31.8 Å². The number of rotatable bonds is 20. The topological polar surface area (TPSA) is 200 Å². The number of alkyl carbamates (subject to hydrolysis) is 2. The predicted molar refractivity (Wildman–Crippen MR) is 138 cm³/mol. The summed E-state index contributed by atoms with van der Waals surface area (Å²) in [5, 5.41) is 10.1. The normalized spacial score (nSPS) is 12.4. The van der Waals surface area contributed by atoms with Gasteiger partial charge in [-0.2, -0.15) is 4.90 Å². The molecule has 4 N–H and O–H groups in total. The SMILES string of the molecule is COCCCNC(=O)OCC(COC(=O)NCCCOC)OCCCC(=O)NCCNC(=O)N1C(=O)C=CC1=O. The van der Waals surface area contributed by atoms with Crippen molar-refractivity contribution in [2.75, 3.05) is 73.4 Å². The van der Waals surface area contributed by atoms with Crippen LogP contribution in [0, 0.1) is 0 Å². The van der Waals surface area contributed by atoms with Crippen molar-refractivity contribution < 1.29 is 52.5 Å². The Kier molecular flexibility index (Phi) is 18.1. The first-order valence-electron chi connectivity index (χ1n) is 12.8. The van der Waals surface area contributed by atoms with E-state index in [1.165, 1.54) is 0 Å². The maximum Gasteiger partial charge on any atom is 0.407 e. The molecule has 40 heavy (non-hydrogen) atoms. The van der Waals surface area contributed by atoms with E-state index >= 15 is 0 Å². The minimum atomic E-state index is -0.870. The highest BCUT2D eigenvalue weighted by molar-refractivity contribution is 6.22. The summed E-state index contributed by atoms with van der Waals surface area (Å²) in [7, 11) is 3.11. The van der Waals surface area contributed by atoms with Crippen LogP contribution in [0.15, 0.2) is 12.2 Å². The second kappa shape index (κ2) is 21.1. The van der Waals surface area contributed by atoms with E-state index in [0.717, 1.165) is 12.2 Å². The molecule has 0 spiro atoms. The lowest BCUT2D eigenvalue weighted by molar-refractivity contribution is -0.133. The summed E-state index contributed by atoms with van der Waals surface area (Å²) in [6.07, 6.45) is 1.53. The molecule has 0 radical (unpaired) electrons. The van der Waals surface area contributed by atoms with E-state index in [0.29, 0.717) is 50.5 Å². The zero-order valence-corrected chi connectivity index (χ0v) is 22.9. The molecule has 0 atom stereocenters. The van der Waals surface area contributed by atoms with Gasteiger partial charge in [0, 0.05) is 78.8 Å². The highest BCUT2D eigenvalue weighted by Crippen LogP contribution is 2.03. The standard InChI is InChI=1S/C24H39N5O11/c1-36-13-4-9-27-23(34)39-16-18(17-40-24(35)28-10-5-14-37-2)38-15-3-6-19(30)25-11-12-26-22(33)29-20(31)7-8-21(29)32/h7-8,18H,3-6,9-17H2,1-2H3,(H,25,30)(H,26,33)(H,27,34)(H,28,35). The second-order valence-corrected chi connectivity index (χ2v) is 8.27. The Morgan fingerprint density at radius 2 is 1.25 bits per heavy atom. The number of imide groups is 3. The lowest BCUT2D eigenvalue weighted by atomic mass is 10.3. The number of urea groups is 1. The van der Waals surface area contributed by atoms with E-state index in [9.17, 15) is 28.8 Å². The third-order valence-corrected chi connectivity index (χ3v) is 5.03. The van der Waals surface area contributed by atoms with Gasteiger partial charge in [0.1, 0.15) is 19.3 Å². The van der Waals surface area contributed by atoms with E-state index in [1.54, 1.807) is 14.2 Å². The monoisotopic (exact) mass is 573 g/mol. The summed E-state index contributed by atoms with van der Waals surface area (Å²) < 4.78 is 25.7. The van der Waals surface area contributed by atoms with E-state index in [-0.39, 0.29) is 45.2 Å². The maximum absolute atomic E-state index is 12.0. The first-order chi connectivity index (χ1) is 19.3. The molecule has 16 heteroatoms. The number of nitrogens with one attached hydrogen (secondary N) is 4. The Labute approximate surface area is 232 Å². The molecule has 226 valence electrons. The molecule has 1 heterocycles. The molecular formula is C24H39N5O11. The number of carbonyl (C=O) groups excluding carboxylic acids is 6. The number of hydrogen-bond acceptors (Lipinski definition) is 11. The van der Waals surface area contributed by atoms with Gasteiger partial charge in [-0.05, 0) is 19.3 Å². The van der Waals surface area contributed by atoms with E-state index in [1.807, 2.05) is 0 Å². The summed E-state index contributed by atoms with van der Waals surface area (Å²) in [6, 6.07) is -0.870. The number of hydrogen-bond donors (Lipinski definition) is 4. The lowest BCUT2D eigenvalue weighted by Crippen LogP contribution is -2.45. The van der Waals surface area contributed by atoms with Crippen LogP contribution in [0.5, 0.6) is 0 Å². The molecule has 0 aliphatic carbocycles. The average molecular weight is 574 g/mol. The fourth-order valence-electron chi connectivity index (χ4n) is 3.02. The van der Waals surface area contributed by atoms with Crippen molar-refractivity contribution in [3.63, 3.8) is 0 Å². The van der Waals surface area contributed by atoms with Gasteiger partial charge >= 0.3 is 18.2 Å². The molecule has 1 rings (SSSR count). The summed E-state index contributed by atoms with van der Waals surface area (Å²) in [4.78, 5) is 71.0. The van der Waals surface area contributed by atoms with Crippen LogP contribution in [0.3, 0.4) is 0 Å². The van der Waals surface area contributed by atoms with E-state index in [4.69, 9.17) is 23.7 Å². The van der Waals surface area contributed by atoms with Crippen molar-refractivity contribution in [1.82, 2.24) is 26.2 Å². The van der Waals surface area contributed by atoms with Crippen LogP contribution in [-0.2, 0) is 38.1 Å². The van der Waals surface area contributed by atoms with Crippen molar-refractivity contribution in [3.8, 4) is 0 Å². The van der Waals surface area contributed by atoms with Gasteiger partial charge in [-0.25, -0.2) is 14.4 Å². The molecule has 0 aromatic heterocycles. The number of ether oxygens (including phenoxy) is 5. The van der Waals surface area contributed by atoms with Crippen molar-refractivity contribution in [3.05, 3.63) is 12.2 Å². The molecule has 0 unspecified atom stereocenters. The molecule has 0 aromatic carbocycles. The zero-order valence-electron chi connectivity index (χ0n) is 22.9. The largest absolute Gasteiger partial charge is 0.447 e. The molecule has 0 fully saturated rings. The van der Waals surface area contributed by atoms with Gasteiger partial charge in [0.25, 0.3) is 11.8 Å². The number of amides is 7. The first-order valence-corrected chi connectivity index (χ1v) is 12.8. The minimum Gasteiger partial charge on any atom is -0.447 e.